The summed E-state index contributed by atoms with van der Waals surface area (Å²) in [5, 5.41) is 1.06. The van der Waals surface area contributed by atoms with Gasteiger partial charge in [0.15, 0.2) is 22.8 Å². The fraction of sp³-hybridized carbons (Fsp3) is 0.250. The molecule has 0 bridgehead atoms. The number of nitrogens with zero attached hydrogens (tertiary/aromatic N) is 8. The molecule has 31 heavy (non-hydrogen) atoms. The first-order valence-electron chi connectivity index (χ1n) is 9.49. The molecule has 11 heteroatoms. The summed E-state index contributed by atoms with van der Waals surface area (Å²) >= 11 is 7.78. The molecule has 0 N–H and O–H groups in total. The number of anilines is 3. The number of ether oxygens (including phenoxy) is 1. The van der Waals surface area contributed by atoms with Crippen molar-refractivity contribution in [3.05, 3.63) is 47.8 Å². The van der Waals surface area contributed by atoms with Crippen molar-refractivity contribution < 1.29 is 4.74 Å². The van der Waals surface area contributed by atoms with E-state index in [-0.39, 0.29) is 5.28 Å². The minimum Gasteiger partial charge on any atom is -0.364 e. The lowest BCUT2D eigenvalue weighted by atomic mass is 10.2. The van der Waals surface area contributed by atoms with Crippen molar-refractivity contribution >= 4 is 51.8 Å². The van der Waals surface area contributed by atoms with Crippen LogP contribution in [0, 0.1) is 0 Å². The Labute approximate surface area is 188 Å². The minimum absolute atomic E-state index is 0.196. The molecule has 0 fully saturated rings. The Balaban J connectivity index is 1.54. The van der Waals surface area contributed by atoms with E-state index >= 15 is 0 Å². The molecule has 3 aromatic heterocycles. The van der Waals surface area contributed by atoms with Crippen LogP contribution < -0.4 is 9.80 Å². The highest BCUT2D eigenvalue weighted by Gasteiger charge is 2.26. The first-order chi connectivity index (χ1) is 15.0. The Morgan fingerprint density at radius 1 is 1.13 bits per heavy atom. The summed E-state index contributed by atoms with van der Waals surface area (Å²) in [7, 11) is 5.48. The average molecular weight is 455 g/mol. The second-order valence-corrected chi connectivity index (χ2v) is 8.56. The Morgan fingerprint density at radius 2 is 1.97 bits per heavy atom. The van der Waals surface area contributed by atoms with Crippen LogP contribution >= 0.6 is 23.4 Å². The third-order valence-corrected chi connectivity index (χ3v) is 6.09. The number of fused-ring (bicyclic) bond motifs is 3. The second kappa shape index (κ2) is 7.95. The SMILES string of the molecule is COCN1c2cc(Cn3cnc4c(N(C)C)nc(Cl)nc43)ccc2Sc2nccnc21. The van der Waals surface area contributed by atoms with Crippen LogP contribution in [0.3, 0.4) is 0 Å². The number of aromatic nitrogens is 6. The first kappa shape index (κ1) is 20.0. The van der Waals surface area contributed by atoms with Gasteiger partial charge < -0.3 is 14.2 Å². The zero-order valence-corrected chi connectivity index (χ0v) is 18.7. The molecule has 0 atom stereocenters. The van der Waals surface area contributed by atoms with Gasteiger partial charge >= 0.3 is 0 Å². The minimum atomic E-state index is 0.196. The van der Waals surface area contributed by atoms with E-state index in [9.17, 15) is 0 Å². The smallest absolute Gasteiger partial charge is 0.226 e. The van der Waals surface area contributed by atoms with Gasteiger partial charge in [0, 0.05) is 38.5 Å². The highest BCUT2D eigenvalue weighted by Crippen LogP contribution is 2.46. The maximum absolute atomic E-state index is 6.17. The number of imidazole rings is 1. The Hall–Kier alpha value is -2.95. The van der Waals surface area contributed by atoms with Crippen LogP contribution in [0.4, 0.5) is 17.3 Å². The van der Waals surface area contributed by atoms with Crippen LogP contribution in [-0.2, 0) is 11.3 Å². The number of hydrogen-bond donors (Lipinski definition) is 0. The summed E-state index contributed by atoms with van der Waals surface area (Å²) in [4.78, 5) is 27.2. The van der Waals surface area contributed by atoms with Gasteiger partial charge in [-0.25, -0.2) is 15.0 Å². The molecule has 0 spiro atoms. The lowest BCUT2D eigenvalue weighted by Crippen LogP contribution is -2.24. The van der Waals surface area contributed by atoms with Crippen LogP contribution in [0.25, 0.3) is 11.2 Å². The maximum atomic E-state index is 6.17. The van der Waals surface area contributed by atoms with E-state index in [2.05, 4.69) is 43.1 Å². The van der Waals surface area contributed by atoms with Gasteiger partial charge in [-0.3, -0.25) is 4.90 Å². The molecular formula is C20H19ClN8OS. The van der Waals surface area contributed by atoms with Gasteiger partial charge in [0.05, 0.1) is 18.6 Å². The lowest BCUT2D eigenvalue weighted by Gasteiger charge is -2.30. The van der Waals surface area contributed by atoms with Crippen molar-refractivity contribution in [2.75, 3.05) is 37.7 Å². The molecular weight excluding hydrogens is 436 g/mol. The van der Waals surface area contributed by atoms with Crippen LogP contribution in [0.5, 0.6) is 0 Å². The molecule has 0 amide bonds. The topological polar surface area (TPSA) is 85.1 Å². The van der Waals surface area contributed by atoms with Crippen LogP contribution in [0.2, 0.25) is 5.28 Å². The highest BCUT2D eigenvalue weighted by atomic mass is 35.5. The van der Waals surface area contributed by atoms with Crippen molar-refractivity contribution in [1.82, 2.24) is 29.5 Å². The summed E-state index contributed by atoms with van der Waals surface area (Å²) in [5.74, 6) is 1.49. The fourth-order valence-corrected chi connectivity index (χ4v) is 4.69. The first-order valence-corrected chi connectivity index (χ1v) is 10.7. The average Bonchev–Trinajstić information content (AvgIpc) is 3.15. The molecule has 0 saturated heterocycles. The van der Waals surface area contributed by atoms with Gasteiger partial charge in [0.1, 0.15) is 11.8 Å². The van der Waals surface area contributed by atoms with E-state index in [0.717, 1.165) is 27.0 Å². The van der Waals surface area contributed by atoms with Crippen molar-refractivity contribution in [1.29, 1.82) is 0 Å². The van der Waals surface area contributed by atoms with Crippen molar-refractivity contribution in [2.45, 2.75) is 16.5 Å². The van der Waals surface area contributed by atoms with E-state index < -0.39 is 0 Å². The normalized spacial score (nSPS) is 12.7. The zero-order chi connectivity index (χ0) is 21.5. The molecule has 0 unspecified atom stereocenters. The number of benzene rings is 1. The van der Waals surface area contributed by atoms with E-state index in [1.807, 2.05) is 28.5 Å². The zero-order valence-electron chi connectivity index (χ0n) is 17.2. The molecule has 0 radical (unpaired) electrons. The van der Waals surface area contributed by atoms with Crippen LogP contribution in [0.1, 0.15) is 5.56 Å². The maximum Gasteiger partial charge on any atom is 0.226 e. The van der Waals surface area contributed by atoms with Gasteiger partial charge in [0.25, 0.3) is 0 Å². The number of hydrogen-bond acceptors (Lipinski definition) is 9. The van der Waals surface area contributed by atoms with Crippen molar-refractivity contribution in [3.8, 4) is 0 Å². The quantitative estimate of drug-likeness (QED) is 0.420. The molecule has 1 aromatic carbocycles. The molecule has 0 saturated carbocycles. The summed E-state index contributed by atoms with van der Waals surface area (Å²) in [5.41, 5.74) is 3.53. The molecule has 1 aliphatic rings. The van der Waals surface area contributed by atoms with E-state index in [4.69, 9.17) is 16.3 Å². The Kier molecular flexibility index (Phi) is 5.12. The van der Waals surface area contributed by atoms with Gasteiger partial charge in [0.2, 0.25) is 5.28 Å². The standard InChI is InChI=1S/C20H19ClN8OS/c1-27(2)16-15-17(26-20(21)25-16)28(10-24-15)9-12-4-5-14-13(8-12)29(11-30-3)18-19(31-14)23-7-6-22-18/h4-8,10H,9,11H2,1-3H3. The monoisotopic (exact) mass is 454 g/mol. The van der Waals surface area contributed by atoms with E-state index in [1.165, 1.54) is 0 Å². The molecule has 4 aromatic rings. The summed E-state index contributed by atoms with van der Waals surface area (Å²) in [6.45, 7) is 0.967. The number of methoxy groups -OCH3 is 1. The largest absolute Gasteiger partial charge is 0.364 e. The molecule has 5 rings (SSSR count). The molecule has 4 heterocycles. The Morgan fingerprint density at radius 3 is 2.77 bits per heavy atom. The number of halogens is 1. The fourth-order valence-electron chi connectivity index (χ4n) is 3.54. The molecule has 158 valence electrons. The predicted octanol–water partition coefficient (Wildman–Crippen LogP) is 3.59. The predicted molar refractivity (Wildman–Crippen MR) is 120 cm³/mol. The Bertz CT molecular complexity index is 1280. The molecule has 1 aliphatic heterocycles. The van der Waals surface area contributed by atoms with Crippen LogP contribution in [-0.4, -0.2) is 57.4 Å². The second-order valence-electron chi connectivity index (χ2n) is 7.19. The van der Waals surface area contributed by atoms with Crippen LogP contribution in [0.15, 0.2) is 46.8 Å². The summed E-state index contributed by atoms with van der Waals surface area (Å²) in [6, 6.07) is 6.34. The van der Waals surface area contributed by atoms with Crippen molar-refractivity contribution in [3.63, 3.8) is 0 Å². The van der Waals surface area contributed by atoms with E-state index in [1.54, 1.807) is 37.6 Å². The lowest BCUT2D eigenvalue weighted by molar-refractivity contribution is 0.204. The third-order valence-electron chi connectivity index (χ3n) is 4.88. The van der Waals surface area contributed by atoms with E-state index in [0.29, 0.717) is 30.3 Å². The van der Waals surface area contributed by atoms with Gasteiger partial charge in [-0.2, -0.15) is 9.97 Å². The molecule has 0 aliphatic carbocycles. The van der Waals surface area contributed by atoms with Gasteiger partial charge in [-0.1, -0.05) is 17.8 Å². The van der Waals surface area contributed by atoms with Crippen molar-refractivity contribution in [2.24, 2.45) is 0 Å². The molecule has 9 nitrogen and oxygen atoms in total. The summed E-state index contributed by atoms with van der Waals surface area (Å²) < 4.78 is 7.42. The highest BCUT2D eigenvalue weighted by molar-refractivity contribution is 7.99. The third kappa shape index (κ3) is 3.56. The summed E-state index contributed by atoms with van der Waals surface area (Å²) in [6.07, 6.45) is 5.17. The van der Waals surface area contributed by atoms with Gasteiger partial charge in [-0.05, 0) is 29.3 Å². The number of rotatable bonds is 5. The van der Waals surface area contributed by atoms with Gasteiger partial charge in [-0.15, -0.1) is 0 Å².